The van der Waals surface area contributed by atoms with Gasteiger partial charge in [0, 0.05) is 22.0 Å². The number of carbonyl (C=O) groups is 1. The summed E-state index contributed by atoms with van der Waals surface area (Å²) < 4.78 is 5.90. The lowest BCUT2D eigenvalue weighted by Crippen LogP contribution is -2.36. The first kappa shape index (κ1) is 16.6. The standard InChI is InChI=1S/C17H19BrN2O2S/c1-22-17(21)12-5-7-20(8-6-12)10-15-11-23-16(19-15)13-3-2-4-14(18)9-13/h2-4,9,11-12H,5-8,10H2,1H3. The number of hydrogen-bond acceptors (Lipinski definition) is 5. The maximum absolute atomic E-state index is 11.6. The molecule has 3 rings (SSSR count). The van der Waals surface area contributed by atoms with Crippen molar-refractivity contribution < 1.29 is 9.53 Å². The Bertz CT molecular complexity index is 681. The summed E-state index contributed by atoms with van der Waals surface area (Å²) in [6.45, 7) is 2.69. The third kappa shape index (κ3) is 4.19. The molecule has 2 heterocycles. The molecule has 1 aromatic carbocycles. The maximum Gasteiger partial charge on any atom is 0.308 e. The first-order valence-corrected chi connectivity index (χ1v) is 9.33. The first-order valence-electron chi connectivity index (χ1n) is 7.66. The smallest absolute Gasteiger partial charge is 0.308 e. The van der Waals surface area contributed by atoms with Crippen LogP contribution < -0.4 is 0 Å². The fraction of sp³-hybridized carbons (Fsp3) is 0.412. The highest BCUT2D eigenvalue weighted by Crippen LogP contribution is 2.27. The quantitative estimate of drug-likeness (QED) is 0.736. The Morgan fingerprint density at radius 1 is 1.43 bits per heavy atom. The van der Waals surface area contributed by atoms with E-state index < -0.39 is 0 Å². The number of thiazole rings is 1. The minimum absolute atomic E-state index is 0.0592. The number of halogens is 1. The van der Waals surface area contributed by atoms with Crippen molar-refractivity contribution in [2.75, 3.05) is 20.2 Å². The molecular weight excluding hydrogens is 376 g/mol. The first-order chi connectivity index (χ1) is 11.2. The van der Waals surface area contributed by atoms with E-state index in [0.717, 1.165) is 53.2 Å². The molecule has 1 aliphatic rings. The number of hydrogen-bond donors (Lipinski definition) is 0. The molecule has 0 aliphatic carbocycles. The van der Waals surface area contributed by atoms with Gasteiger partial charge in [0.05, 0.1) is 18.7 Å². The molecule has 2 aromatic rings. The predicted molar refractivity (Wildman–Crippen MR) is 95.3 cm³/mol. The second kappa shape index (κ2) is 7.55. The van der Waals surface area contributed by atoms with Crippen LogP contribution >= 0.6 is 27.3 Å². The van der Waals surface area contributed by atoms with Crippen LogP contribution in [0.15, 0.2) is 34.1 Å². The summed E-state index contributed by atoms with van der Waals surface area (Å²) in [6, 6.07) is 8.21. The minimum Gasteiger partial charge on any atom is -0.469 e. The van der Waals surface area contributed by atoms with E-state index in [4.69, 9.17) is 9.72 Å². The van der Waals surface area contributed by atoms with E-state index in [2.05, 4.69) is 38.3 Å². The van der Waals surface area contributed by atoms with Gasteiger partial charge in [0.25, 0.3) is 0 Å². The van der Waals surface area contributed by atoms with Gasteiger partial charge in [-0.15, -0.1) is 11.3 Å². The average molecular weight is 395 g/mol. The molecule has 0 atom stereocenters. The van der Waals surface area contributed by atoms with Gasteiger partial charge in [-0.05, 0) is 38.1 Å². The van der Waals surface area contributed by atoms with Crippen molar-refractivity contribution in [3.05, 3.63) is 39.8 Å². The second-order valence-corrected chi connectivity index (χ2v) is 7.50. The van der Waals surface area contributed by atoms with E-state index in [1.54, 1.807) is 11.3 Å². The highest BCUT2D eigenvalue weighted by atomic mass is 79.9. The number of likely N-dealkylation sites (tertiary alicyclic amines) is 1. The summed E-state index contributed by atoms with van der Waals surface area (Å²) in [5.41, 5.74) is 2.24. The van der Waals surface area contributed by atoms with Crippen molar-refractivity contribution in [2.45, 2.75) is 19.4 Å². The van der Waals surface area contributed by atoms with Crippen LogP contribution in [0, 0.1) is 5.92 Å². The van der Waals surface area contributed by atoms with Gasteiger partial charge in [-0.3, -0.25) is 9.69 Å². The Hall–Kier alpha value is -1.24. The Kier molecular flexibility index (Phi) is 5.46. The number of carbonyl (C=O) groups excluding carboxylic acids is 1. The van der Waals surface area contributed by atoms with Crippen LogP contribution in [0.3, 0.4) is 0 Å². The lowest BCUT2D eigenvalue weighted by Gasteiger charge is -2.29. The Morgan fingerprint density at radius 2 is 2.22 bits per heavy atom. The SMILES string of the molecule is COC(=O)C1CCN(Cc2csc(-c3cccc(Br)c3)n2)CC1. The van der Waals surface area contributed by atoms with Crippen LogP contribution in [-0.2, 0) is 16.1 Å². The number of piperidine rings is 1. The molecule has 0 spiro atoms. The molecule has 1 fully saturated rings. The third-order valence-electron chi connectivity index (χ3n) is 4.13. The van der Waals surface area contributed by atoms with Gasteiger partial charge in [-0.2, -0.15) is 0 Å². The van der Waals surface area contributed by atoms with E-state index in [-0.39, 0.29) is 11.9 Å². The van der Waals surface area contributed by atoms with Gasteiger partial charge in [0.2, 0.25) is 0 Å². The molecule has 0 N–H and O–H groups in total. The molecule has 0 unspecified atom stereocenters. The number of methoxy groups -OCH3 is 1. The Balaban J connectivity index is 1.59. The van der Waals surface area contributed by atoms with Crippen LogP contribution in [0.25, 0.3) is 10.6 Å². The molecular formula is C17H19BrN2O2S. The summed E-state index contributed by atoms with van der Waals surface area (Å²) in [7, 11) is 1.47. The molecule has 23 heavy (non-hydrogen) atoms. The van der Waals surface area contributed by atoms with Crippen molar-refractivity contribution in [1.29, 1.82) is 0 Å². The van der Waals surface area contributed by atoms with Crippen LogP contribution in [0.1, 0.15) is 18.5 Å². The largest absolute Gasteiger partial charge is 0.469 e. The summed E-state index contributed by atoms with van der Waals surface area (Å²) >= 11 is 5.18. The lowest BCUT2D eigenvalue weighted by molar-refractivity contribution is -0.147. The number of esters is 1. The minimum atomic E-state index is -0.0738. The highest BCUT2D eigenvalue weighted by molar-refractivity contribution is 9.10. The molecule has 0 amide bonds. The summed E-state index contributed by atoms with van der Waals surface area (Å²) in [6.07, 6.45) is 1.74. The van der Waals surface area contributed by atoms with Crippen LogP contribution in [0.2, 0.25) is 0 Å². The molecule has 6 heteroatoms. The monoisotopic (exact) mass is 394 g/mol. The fourth-order valence-electron chi connectivity index (χ4n) is 2.86. The van der Waals surface area contributed by atoms with Crippen molar-refractivity contribution in [3.63, 3.8) is 0 Å². The number of rotatable bonds is 4. The van der Waals surface area contributed by atoms with Crippen molar-refractivity contribution in [1.82, 2.24) is 9.88 Å². The van der Waals surface area contributed by atoms with Gasteiger partial charge >= 0.3 is 5.97 Å². The lowest BCUT2D eigenvalue weighted by atomic mass is 9.97. The summed E-state index contributed by atoms with van der Waals surface area (Å²) in [4.78, 5) is 18.7. The molecule has 0 saturated carbocycles. The number of ether oxygens (including phenoxy) is 1. The van der Waals surface area contributed by atoms with Crippen LogP contribution in [-0.4, -0.2) is 36.1 Å². The van der Waals surface area contributed by atoms with E-state index in [0.29, 0.717) is 0 Å². The van der Waals surface area contributed by atoms with Gasteiger partial charge in [0.15, 0.2) is 0 Å². The average Bonchev–Trinajstić information content (AvgIpc) is 3.03. The van der Waals surface area contributed by atoms with E-state index in [1.165, 1.54) is 7.11 Å². The van der Waals surface area contributed by atoms with E-state index in [1.807, 2.05) is 12.1 Å². The van der Waals surface area contributed by atoms with Crippen LogP contribution in [0.5, 0.6) is 0 Å². The van der Waals surface area contributed by atoms with Gasteiger partial charge in [-0.25, -0.2) is 4.98 Å². The van der Waals surface area contributed by atoms with Crippen LogP contribution in [0.4, 0.5) is 0 Å². The van der Waals surface area contributed by atoms with E-state index in [9.17, 15) is 4.79 Å². The topological polar surface area (TPSA) is 42.4 Å². The number of aromatic nitrogens is 1. The number of nitrogens with zero attached hydrogens (tertiary/aromatic N) is 2. The molecule has 0 radical (unpaired) electrons. The van der Waals surface area contributed by atoms with Crippen molar-refractivity contribution >= 4 is 33.2 Å². The fourth-order valence-corrected chi connectivity index (χ4v) is 4.06. The Morgan fingerprint density at radius 3 is 2.91 bits per heavy atom. The van der Waals surface area contributed by atoms with Crippen molar-refractivity contribution in [2.24, 2.45) is 5.92 Å². The molecule has 1 aromatic heterocycles. The predicted octanol–water partition coefficient (Wildman–Crippen LogP) is 3.96. The molecule has 1 aliphatic heterocycles. The maximum atomic E-state index is 11.6. The molecule has 122 valence electrons. The zero-order chi connectivity index (χ0) is 16.2. The molecule has 4 nitrogen and oxygen atoms in total. The third-order valence-corrected chi connectivity index (χ3v) is 5.56. The summed E-state index contributed by atoms with van der Waals surface area (Å²) in [5.74, 6) is -0.0147. The Labute approximate surface area is 148 Å². The van der Waals surface area contributed by atoms with Gasteiger partial charge in [0.1, 0.15) is 5.01 Å². The zero-order valence-electron chi connectivity index (χ0n) is 13.0. The zero-order valence-corrected chi connectivity index (χ0v) is 15.4. The van der Waals surface area contributed by atoms with E-state index >= 15 is 0 Å². The van der Waals surface area contributed by atoms with Gasteiger partial charge in [-0.1, -0.05) is 28.1 Å². The van der Waals surface area contributed by atoms with Gasteiger partial charge < -0.3 is 4.74 Å². The second-order valence-electron chi connectivity index (χ2n) is 5.73. The molecule has 1 saturated heterocycles. The normalized spacial score (nSPS) is 16.4. The van der Waals surface area contributed by atoms with Crippen molar-refractivity contribution in [3.8, 4) is 10.6 Å². The number of benzene rings is 1. The molecule has 0 bridgehead atoms. The highest BCUT2D eigenvalue weighted by Gasteiger charge is 2.25. The summed E-state index contributed by atoms with van der Waals surface area (Å²) in [5, 5.41) is 3.17.